The smallest absolute Gasteiger partial charge is 0.152 e. The first-order chi connectivity index (χ1) is 6.38. The molecule has 1 fully saturated rings. The van der Waals surface area contributed by atoms with E-state index in [1.54, 1.807) is 10.9 Å². The van der Waals surface area contributed by atoms with E-state index in [0.717, 1.165) is 32.5 Å². The van der Waals surface area contributed by atoms with Crippen LogP contribution in [0.25, 0.3) is 0 Å². The summed E-state index contributed by atoms with van der Waals surface area (Å²) in [5, 5.41) is 7.71. The van der Waals surface area contributed by atoms with E-state index >= 15 is 0 Å². The Balaban J connectivity index is 1.99. The lowest BCUT2D eigenvalue weighted by molar-refractivity contribution is 0.0362. The van der Waals surface area contributed by atoms with Gasteiger partial charge in [0.1, 0.15) is 0 Å². The summed E-state index contributed by atoms with van der Waals surface area (Å²) in [6, 6.07) is 0. The third-order valence-electron chi connectivity index (χ3n) is 2.22. The molecule has 5 nitrogen and oxygen atoms in total. The maximum atomic E-state index is 5.27. The molecule has 1 aliphatic rings. The molecular weight excluding hydrogens is 168 g/mol. The van der Waals surface area contributed by atoms with Crippen molar-refractivity contribution in [2.24, 2.45) is 0 Å². The molecule has 2 heterocycles. The van der Waals surface area contributed by atoms with Crippen LogP contribution in [0.4, 0.5) is 0 Å². The van der Waals surface area contributed by atoms with Crippen LogP contribution in [0, 0.1) is 6.17 Å². The van der Waals surface area contributed by atoms with Gasteiger partial charge in [-0.15, -0.1) is 5.10 Å². The molecule has 2 rings (SSSR count). The molecule has 71 valence electrons. The SMILES string of the molecule is C[C](N1CCOCC1)n1ccnn1. The van der Waals surface area contributed by atoms with Gasteiger partial charge in [0.2, 0.25) is 0 Å². The van der Waals surface area contributed by atoms with E-state index in [1.807, 2.05) is 13.1 Å². The Morgan fingerprint density at radius 1 is 1.38 bits per heavy atom. The molecular formula is C8H13N4O. The fourth-order valence-electron chi connectivity index (χ4n) is 1.41. The van der Waals surface area contributed by atoms with Crippen LogP contribution < -0.4 is 0 Å². The van der Waals surface area contributed by atoms with E-state index < -0.39 is 0 Å². The van der Waals surface area contributed by atoms with E-state index in [2.05, 4.69) is 15.2 Å². The molecule has 1 aliphatic heterocycles. The Labute approximate surface area is 77.3 Å². The fraction of sp³-hybridized carbons (Fsp3) is 0.625. The zero-order valence-corrected chi connectivity index (χ0v) is 7.68. The Kier molecular flexibility index (Phi) is 2.56. The summed E-state index contributed by atoms with van der Waals surface area (Å²) >= 11 is 0. The fourth-order valence-corrected chi connectivity index (χ4v) is 1.41. The molecule has 1 saturated heterocycles. The first-order valence-corrected chi connectivity index (χ1v) is 4.41. The normalized spacial score (nSPS) is 19.5. The van der Waals surface area contributed by atoms with E-state index in [1.165, 1.54) is 0 Å². The molecule has 0 bridgehead atoms. The van der Waals surface area contributed by atoms with Crippen LogP contribution in [0.2, 0.25) is 0 Å². The van der Waals surface area contributed by atoms with Crippen molar-refractivity contribution in [3.8, 4) is 0 Å². The van der Waals surface area contributed by atoms with Crippen LogP contribution in [0.15, 0.2) is 12.4 Å². The minimum Gasteiger partial charge on any atom is -0.379 e. The second-order valence-electron chi connectivity index (χ2n) is 2.99. The van der Waals surface area contributed by atoms with Gasteiger partial charge in [-0.1, -0.05) is 5.21 Å². The van der Waals surface area contributed by atoms with Crippen molar-refractivity contribution >= 4 is 0 Å². The lowest BCUT2D eigenvalue weighted by atomic mass is 10.4. The lowest BCUT2D eigenvalue weighted by Gasteiger charge is -2.30. The predicted molar refractivity (Wildman–Crippen MR) is 46.7 cm³/mol. The summed E-state index contributed by atoms with van der Waals surface area (Å²) in [6.45, 7) is 5.51. The molecule has 0 amide bonds. The van der Waals surface area contributed by atoms with Crippen LogP contribution in [0.1, 0.15) is 6.92 Å². The van der Waals surface area contributed by atoms with Gasteiger partial charge in [0.15, 0.2) is 6.17 Å². The summed E-state index contributed by atoms with van der Waals surface area (Å²) in [4.78, 5) is 2.25. The minimum absolute atomic E-state index is 0.798. The van der Waals surface area contributed by atoms with Gasteiger partial charge in [-0.25, -0.2) is 4.68 Å². The van der Waals surface area contributed by atoms with Crippen LogP contribution >= 0.6 is 0 Å². The number of rotatable bonds is 2. The van der Waals surface area contributed by atoms with Gasteiger partial charge in [0, 0.05) is 19.3 Å². The van der Waals surface area contributed by atoms with Crippen molar-refractivity contribution in [2.45, 2.75) is 6.92 Å². The third-order valence-corrected chi connectivity index (χ3v) is 2.22. The average Bonchev–Trinajstić information content (AvgIpc) is 2.71. The number of morpholine rings is 1. The molecule has 1 aromatic rings. The van der Waals surface area contributed by atoms with Gasteiger partial charge in [-0.05, 0) is 6.92 Å². The highest BCUT2D eigenvalue weighted by atomic mass is 16.5. The Hall–Kier alpha value is -0.940. The van der Waals surface area contributed by atoms with E-state index in [0.29, 0.717) is 0 Å². The Morgan fingerprint density at radius 2 is 2.15 bits per heavy atom. The molecule has 1 radical (unpaired) electrons. The van der Waals surface area contributed by atoms with Crippen LogP contribution in [-0.4, -0.2) is 46.2 Å². The molecule has 1 aromatic heterocycles. The van der Waals surface area contributed by atoms with Crippen molar-refractivity contribution in [1.29, 1.82) is 0 Å². The molecule has 5 heteroatoms. The molecule has 0 aliphatic carbocycles. The Morgan fingerprint density at radius 3 is 2.77 bits per heavy atom. The van der Waals surface area contributed by atoms with Gasteiger partial charge >= 0.3 is 0 Å². The summed E-state index contributed by atoms with van der Waals surface area (Å²) in [6.07, 6.45) is 4.65. The highest BCUT2D eigenvalue weighted by Crippen LogP contribution is 2.10. The molecule has 0 saturated carbocycles. The zero-order chi connectivity index (χ0) is 9.10. The molecule has 0 spiro atoms. The maximum absolute atomic E-state index is 5.27. The van der Waals surface area contributed by atoms with Gasteiger partial charge in [0.25, 0.3) is 0 Å². The van der Waals surface area contributed by atoms with Gasteiger partial charge in [0.05, 0.1) is 19.4 Å². The van der Waals surface area contributed by atoms with Crippen molar-refractivity contribution in [2.75, 3.05) is 26.3 Å². The largest absolute Gasteiger partial charge is 0.379 e. The minimum atomic E-state index is 0.798. The van der Waals surface area contributed by atoms with Gasteiger partial charge in [-0.2, -0.15) is 0 Å². The number of ether oxygens (including phenoxy) is 1. The summed E-state index contributed by atoms with van der Waals surface area (Å²) in [5.41, 5.74) is 0. The Bertz CT molecular complexity index is 243. The van der Waals surface area contributed by atoms with Crippen molar-refractivity contribution < 1.29 is 4.74 Å². The summed E-state index contributed by atoms with van der Waals surface area (Å²) in [7, 11) is 0. The van der Waals surface area contributed by atoms with Crippen LogP contribution in [0.3, 0.4) is 0 Å². The van der Waals surface area contributed by atoms with Crippen molar-refractivity contribution in [3.63, 3.8) is 0 Å². The quantitative estimate of drug-likeness (QED) is 0.642. The summed E-state index contributed by atoms with van der Waals surface area (Å²) in [5.74, 6) is 0. The second kappa shape index (κ2) is 3.85. The third kappa shape index (κ3) is 1.87. The topological polar surface area (TPSA) is 43.2 Å². The number of nitrogens with zero attached hydrogens (tertiary/aromatic N) is 4. The molecule has 13 heavy (non-hydrogen) atoms. The second-order valence-corrected chi connectivity index (χ2v) is 2.99. The molecule has 0 aromatic carbocycles. The van der Waals surface area contributed by atoms with Crippen LogP contribution in [-0.2, 0) is 4.74 Å². The molecule has 0 atom stereocenters. The number of aromatic nitrogens is 3. The van der Waals surface area contributed by atoms with Crippen molar-refractivity contribution in [3.05, 3.63) is 18.6 Å². The van der Waals surface area contributed by atoms with E-state index in [9.17, 15) is 0 Å². The van der Waals surface area contributed by atoms with Crippen LogP contribution in [0.5, 0.6) is 0 Å². The van der Waals surface area contributed by atoms with E-state index in [-0.39, 0.29) is 0 Å². The highest BCUT2D eigenvalue weighted by Gasteiger charge is 2.19. The average molecular weight is 181 g/mol. The first-order valence-electron chi connectivity index (χ1n) is 4.41. The number of hydrogen-bond acceptors (Lipinski definition) is 4. The molecule has 0 N–H and O–H groups in total. The number of hydrogen-bond donors (Lipinski definition) is 0. The van der Waals surface area contributed by atoms with Gasteiger partial charge in [-0.3, -0.25) is 4.90 Å². The van der Waals surface area contributed by atoms with E-state index in [4.69, 9.17) is 4.74 Å². The van der Waals surface area contributed by atoms with Crippen molar-refractivity contribution in [1.82, 2.24) is 19.9 Å². The highest BCUT2D eigenvalue weighted by molar-refractivity contribution is 4.88. The maximum Gasteiger partial charge on any atom is 0.152 e. The monoisotopic (exact) mass is 181 g/mol. The predicted octanol–water partition coefficient (Wildman–Crippen LogP) is -0.0322. The van der Waals surface area contributed by atoms with Gasteiger partial charge < -0.3 is 4.74 Å². The molecule has 0 unspecified atom stereocenters. The zero-order valence-electron chi connectivity index (χ0n) is 7.68. The standard InChI is InChI=1S/C8H13N4O/c1-8(12-3-2-9-10-12)11-4-6-13-7-5-11/h2-3H,4-7H2,1H3. The lowest BCUT2D eigenvalue weighted by Crippen LogP contribution is -2.40. The first kappa shape index (κ1) is 8.65. The summed E-state index contributed by atoms with van der Waals surface area (Å²) < 4.78 is 7.05.